The molecule has 96 valence electrons. The van der Waals surface area contributed by atoms with E-state index in [0.29, 0.717) is 6.61 Å². The lowest BCUT2D eigenvalue weighted by molar-refractivity contribution is 0.275. The molecule has 1 aromatic rings. The first-order valence-electron chi connectivity index (χ1n) is 5.96. The van der Waals surface area contributed by atoms with Gasteiger partial charge in [-0.2, -0.15) is 0 Å². The van der Waals surface area contributed by atoms with Crippen molar-refractivity contribution in [3.63, 3.8) is 0 Å². The smallest absolute Gasteiger partial charge is 0.248 e. The topological polar surface area (TPSA) is 42.1 Å². The van der Waals surface area contributed by atoms with Gasteiger partial charge in [-0.3, -0.25) is 4.79 Å². The Morgan fingerprint density at radius 2 is 1.94 bits per heavy atom. The van der Waals surface area contributed by atoms with Gasteiger partial charge in [0.15, 0.2) is 8.32 Å². The van der Waals surface area contributed by atoms with Crippen LogP contribution in [0.15, 0.2) is 17.1 Å². The van der Waals surface area contributed by atoms with Crippen LogP contribution in [0.5, 0.6) is 0 Å². The molecule has 3 nitrogen and oxygen atoms in total. The number of rotatable bonds is 3. The Labute approximate surface area is 104 Å². The summed E-state index contributed by atoms with van der Waals surface area (Å²) in [6, 6.07) is 1.63. The molecule has 0 spiro atoms. The molecule has 0 fully saturated rings. The van der Waals surface area contributed by atoms with Crippen LogP contribution in [0.3, 0.4) is 0 Å². The highest BCUT2D eigenvalue weighted by Crippen LogP contribution is 2.37. The second kappa shape index (κ2) is 4.78. The van der Waals surface area contributed by atoms with Crippen LogP contribution in [0.1, 0.15) is 31.9 Å². The lowest BCUT2D eigenvalue weighted by Crippen LogP contribution is -2.40. The standard InChI is InChI=1S/C13H23NO2Si/c1-10-8-14-12(15)7-11(10)9-16-17(5,6)13(2,3)4/h7-8H,9H2,1-6H3,(H,14,15). The third kappa shape index (κ3) is 3.54. The summed E-state index contributed by atoms with van der Waals surface area (Å²) in [4.78, 5) is 13.9. The third-order valence-electron chi connectivity index (χ3n) is 3.64. The van der Waals surface area contributed by atoms with Gasteiger partial charge in [-0.1, -0.05) is 20.8 Å². The molecule has 1 rings (SSSR count). The maximum absolute atomic E-state index is 11.3. The Morgan fingerprint density at radius 3 is 2.47 bits per heavy atom. The summed E-state index contributed by atoms with van der Waals surface area (Å²) >= 11 is 0. The zero-order valence-corrected chi connectivity index (χ0v) is 12.7. The van der Waals surface area contributed by atoms with Gasteiger partial charge < -0.3 is 9.41 Å². The Hall–Kier alpha value is -0.873. The van der Waals surface area contributed by atoms with Gasteiger partial charge in [0.1, 0.15) is 0 Å². The minimum atomic E-state index is -1.74. The van der Waals surface area contributed by atoms with Crippen molar-refractivity contribution in [1.29, 1.82) is 0 Å². The molecule has 0 unspecified atom stereocenters. The molecule has 4 heteroatoms. The number of H-pyrrole nitrogens is 1. The van der Waals surface area contributed by atoms with Crippen LogP contribution in [-0.4, -0.2) is 13.3 Å². The van der Waals surface area contributed by atoms with E-state index < -0.39 is 8.32 Å². The van der Waals surface area contributed by atoms with Gasteiger partial charge in [0.05, 0.1) is 6.61 Å². The first-order valence-corrected chi connectivity index (χ1v) is 8.86. The van der Waals surface area contributed by atoms with E-state index in [1.807, 2.05) is 6.92 Å². The van der Waals surface area contributed by atoms with Gasteiger partial charge in [-0.15, -0.1) is 0 Å². The molecule has 0 aliphatic heterocycles. The summed E-state index contributed by atoms with van der Waals surface area (Å²) in [5.41, 5.74) is 1.99. The highest BCUT2D eigenvalue weighted by molar-refractivity contribution is 6.74. The second-order valence-corrected chi connectivity index (χ2v) is 10.9. The average Bonchev–Trinajstić information content (AvgIpc) is 2.18. The number of aromatic amines is 1. The molecule has 0 aliphatic carbocycles. The predicted octanol–water partition coefficient (Wildman–Crippen LogP) is 3.21. The van der Waals surface area contributed by atoms with Crippen LogP contribution >= 0.6 is 0 Å². The van der Waals surface area contributed by atoms with Crippen LogP contribution in [0.2, 0.25) is 18.1 Å². The first-order chi connectivity index (χ1) is 7.63. The Morgan fingerprint density at radius 1 is 1.35 bits per heavy atom. The van der Waals surface area contributed by atoms with Crippen LogP contribution < -0.4 is 5.56 Å². The highest BCUT2D eigenvalue weighted by Gasteiger charge is 2.37. The quantitative estimate of drug-likeness (QED) is 0.841. The van der Waals surface area contributed by atoms with Crippen molar-refractivity contribution in [2.45, 2.75) is 52.4 Å². The minimum absolute atomic E-state index is 0.0653. The summed E-state index contributed by atoms with van der Waals surface area (Å²) < 4.78 is 6.10. The largest absolute Gasteiger partial charge is 0.413 e. The fourth-order valence-corrected chi connectivity index (χ4v) is 2.17. The van der Waals surface area contributed by atoms with E-state index in [1.54, 1.807) is 12.3 Å². The summed E-state index contributed by atoms with van der Waals surface area (Å²) in [6.45, 7) is 13.6. The predicted molar refractivity (Wildman–Crippen MR) is 73.8 cm³/mol. The van der Waals surface area contributed by atoms with E-state index >= 15 is 0 Å². The van der Waals surface area contributed by atoms with Crippen LogP contribution in [-0.2, 0) is 11.0 Å². The maximum atomic E-state index is 11.3. The van der Waals surface area contributed by atoms with Gasteiger partial charge in [0.25, 0.3) is 0 Å². The van der Waals surface area contributed by atoms with E-state index in [1.165, 1.54) is 0 Å². The number of pyridine rings is 1. The van der Waals surface area contributed by atoms with Crippen molar-refractivity contribution in [2.24, 2.45) is 0 Å². The molecular weight excluding hydrogens is 230 g/mol. The van der Waals surface area contributed by atoms with Gasteiger partial charge in [-0.05, 0) is 36.2 Å². The average molecular weight is 253 g/mol. The molecule has 0 aromatic carbocycles. The van der Waals surface area contributed by atoms with Gasteiger partial charge in [0, 0.05) is 12.3 Å². The molecule has 1 N–H and O–H groups in total. The van der Waals surface area contributed by atoms with Crippen LogP contribution in [0.25, 0.3) is 0 Å². The van der Waals surface area contributed by atoms with Crippen LogP contribution in [0.4, 0.5) is 0 Å². The van der Waals surface area contributed by atoms with Crippen molar-refractivity contribution < 1.29 is 4.43 Å². The molecule has 0 saturated carbocycles. The summed E-state index contributed by atoms with van der Waals surface area (Å²) in [6.07, 6.45) is 1.74. The van der Waals surface area contributed by atoms with Crippen molar-refractivity contribution in [3.8, 4) is 0 Å². The number of nitrogens with one attached hydrogen (secondary N) is 1. The number of aromatic nitrogens is 1. The molecule has 0 amide bonds. The lowest BCUT2D eigenvalue weighted by atomic mass is 10.2. The molecule has 0 radical (unpaired) electrons. The summed E-state index contributed by atoms with van der Waals surface area (Å²) in [7, 11) is -1.74. The fourth-order valence-electron chi connectivity index (χ4n) is 1.22. The Balaban J connectivity index is 2.81. The molecule has 0 saturated heterocycles. The normalized spacial score (nSPS) is 12.8. The van der Waals surface area contributed by atoms with E-state index in [4.69, 9.17) is 4.43 Å². The molecule has 0 atom stereocenters. The third-order valence-corrected chi connectivity index (χ3v) is 8.12. The number of hydrogen-bond acceptors (Lipinski definition) is 2. The van der Waals surface area contributed by atoms with Gasteiger partial charge >= 0.3 is 0 Å². The highest BCUT2D eigenvalue weighted by atomic mass is 28.4. The fraction of sp³-hybridized carbons (Fsp3) is 0.615. The first kappa shape index (κ1) is 14.2. The molecule has 17 heavy (non-hydrogen) atoms. The van der Waals surface area contributed by atoms with E-state index in [9.17, 15) is 4.79 Å². The zero-order chi connectivity index (χ0) is 13.3. The molecule has 1 aromatic heterocycles. The molecule has 1 heterocycles. The van der Waals surface area contributed by atoms with Gasteiger partial charge in [0.2, 0.25) is 5.56 Å². The monoisotopic (exact) mass is 253 g/mol. The number of aryl methyl sites for hydroxylation is 1. The SMILES string of the molecule is Cc1c[nH]c(=O)cc1CO[Si](C)(C)C(C)(C)C. The van der Waals surface area contributed by atoms with Crippen molar-refractivity contribution >= 4 is 8.32 Å². The zero-order valence-electron chi connectivity index (χ0n) is 11.7. The lowest BCUT2D eigenvalue weighted by Gasteiger charge is -2.36. The number of hydrogen-bond donors (Lipinski definition) is 1. The van der Waals surface area contributed by atoms with Gasteiger partial charge in [-0.25, -0.2) is 0 Å². The van der Waals surface area contributed by atoms with Crippen molar-refractivity contribution in [1.82, 2.24) is 4.98 Å². The van der Waals surface area contributed by atoms with Crippen molar-refractivity contribution in [2.75, 3.05) is 0 Å². The van der Waals surface area contributed by atoms with E-state index in [-0.39, 0.29) is 10.6 Å². The summed E-state index contributed by atoms with van der Waals surface area (Å²) in [5, 5.41) is 0.197. The second-order valence-electron chi connectivity index (χ2n) is 6.05. The molecule has 0 bridgehead atoms. The summed E-state index contributed by atoms with van der Waals surface area (Å²) in [5.74, 6) is 0. The maximum Gasteiger partial charge on any atom is 0.248 e. The molecule has 0 aliphatic rings. The minimum Gasteiger partial charge on any atom is -0.413 e. The van der Waals surface area contributed by atoms with E-state index in [2.05, 4.69) is 38.8 Å². The molecular formula is C13H23NO2Si. The Bertz CT molecular complexity index is 443. The van der Waals surface area contributed by atoms with E-state index in [0.717, 1.165) is 11.1 Å². The Kier molecular flexibility index (Phi) is 3.99. The van der Waals surface area contributed by atoms with Crippen LogP contribution in [0, 0.1) is 6.92 Å². The van der Waals surface area contributed by atoms with Crippen molar-refractivity contribution in [3.05, 3.63) is 33.7 Å².